The Balaban J connectivity index is 2.30. The lowest BCUT2D eigenvalue weighted by Crippen LogP contribution is -2.14. The second kappa shape index (κ2) is 5.60. The molecule has 3 N–H and O–H groups in total. The van der Waals surface area contributed by atoms with Crippen LogP contribution >= 0.6 is 11.8 Å². The molecule has 0 amide bonds. The standard InChI is InChI=1S/C11H12N4OS/c12-6-7-17-11-13-10(16)9(14-15-11)8-4-2-1-3-5-8/h1-5H,6-7,12H2,(H,13,15,16). The summed E-state index contributed by atoms with van der Waals surface area (Å²) in [6.45, 7) is 0.537. The molecule has 0 aliphatic carbocycles. The summed E-state index contributed by atoms with van der Waals surface area (Å²) in [7, 11) is 0. The molecule has 0 spiro atoms. The van der Waals surface area contributed by atoms with Crippen molar-refractivity contribution in [1.29, 1.82) is 0 Å². The number of thioether (sulfide) groups is 1. The lowest BCUT2D eigenvalue weighted by atomic mass is 10.2. The van der Waals surface area contributed by atoms with Crippen LogP contribution in [0.25, 0.3) is 11.3 Å². The van der Waals surface area contributed by atoms with E-state index >= 15 is 0 Å². The van der Waals surface area contributed by atoms with Gasteiger partial charge in [-0.1, -0.05) is 42.1 Å². The minimum Gasteiger partial charge on any atom is -0.330 e. The van der Waals surface area contributed by atoms with Gasteiger partial charge in [0.05, 0.1) is 0 Å². The van der Waals surface area contributed by atoms with Gasteiger partial charge < -0.3 is 5.73 Å². The van der Waals surface area contributed by atoms with Gasteiger partial charge in [0.15, 0.2) is 10.9 Å². The van der Waals surface area contributed by atoms with E-state index in [9.17, 15) is 4.79 Å². The Morgan fingerprint density at radius 3 is 2.65 bits per heavy atom. The molecule has 2 aromatic rings. The van der Waals surface area contributed by atoms with Gasteiger partial charge in [-0.3, -0.25) is 9.78 Å². The van der Waals surface area contributed by atoms with Crippen LogP contribution in [0.2, 0.25) is 0 Å². The summed E-state index contributed by atoms with van der Waals surface area (Å²) in [5.74, 6) is 0.704. The molecule has 2 rings (SSSR count). The third-order valence-electron chi connectivity index (χ3n) is 2.08. The molecule has 0 fully saturated rings. The summed E-state index contributed by atoms with van der Waals surface area (Å²) < 4.78 is 0. The van der Waals surface area contributed by atoms with Gasteiger partial charge in [0.1, 0.15) is 0 Å². The Hall–Kier alpha value is -1.66. The first-order valence-corrected chi connectivity index (χ1v) is 6.15. The number of aromatic amines is 1. The van der Waals surface area contributed by atoms with E-state index in [2.05, 4.69) is 15.2 Å². The molecule has 0 aliphatic rings. The van der Waals surface area contributed by atoms with Crippen LogP contribution in [0.3, 0.4) is 0 Å². The molecule has 0 saturated carbocycles. The molecule has 0 unspecified atom stereocenters. The maximum absolute atomic E-state index is 11.8. The first-order valence-electron chi connectivity index (χ1n) is 5.16. The number of rotatable bonds is 4. The molecular weight excluding hydrogens is 236 g/mol. The lowest BCUT2D eigenvalue weighted by molar-refractivity contribution is 0.823. The number of hydrogen-bond acceptors (Lipinski definition) is 5. The van der Waals surface area contributed by atoms with Crippen molar-refractivity contribution in [2.75, 3.05) is 12.3 Å². The highest BCUT2D eigenvalue weighted by Crippen LogP contribution is 2.13. The van der Waals surface area contributed by atoms with E-state index in [1.807, 2.05) is 30.3 Å². The Morgan fingerprint density at radius 1 is 1.24 bits per heavy atom. The van der Waals surface area contributed by atoms with E-state index in [4.69, 9.17) is 5.73 Å². The van der Waals surface area contributed by atoms with Crippen LogP contribution in [-0.2, 0) is 0 Å². The van der Waals surface area contributed by atoms with E-state index in [0.29, 0.717) is 23.1 Å². The number of nitrogens with one attached hydrogen (secondary N) is 1. The first kappa shape index (κ1) is 11.8. The van der Waals surface area contributed by atoms with E-state index in [0.717, 1.165) is 5.56 Å². The average Bonchev–Trinajstić information content (AvgIpc) is 2.37. The number of nitrogens with zero attached hydrogens (tertiary/aromatic N) is 2. The maximum atomic E-state index is 11.8. The van der Waals surface area contributed by atoms with E-state index in [1.54, 1.807) is 0 Å². The highest BCUT2D eigenvalue weighted by atomic mass is 32.2. The third kappa shape index (κ3) is 2.92. The number of nitrogens with two attached hydrogens (primary N) is 1. The first-order chi connectivity index (χ1) is 8.31. The van der Waals surface area contributed by atoms with Gasteiger partial charge in [-0.25, -0.2) is 0 Å². The van der Waals surface area contributed by atoms with Crippen molar-refractivity contribution in [2.45, 2.75) is 5.16 Å². The number of aromatic nitrogens is 3. The highest BCUT2D eigenvalue weighted by Gasteiger charge is 2.06. The summed E-state index contributed by atoms with van der Waals surface area (Å²) in [5, 5.41) is 8.40. The average molecular weight is 248 g/mol. The van der Waals surface area contributed by atoms with Gasteiger partial charge in [0.25, 0.3) is 5.56 Å². The fourth-order valence-electron chi connectivity index (χ4n) is 1.33. The minimum absolute atomic E-state index is 0.231. The molecule has 1 aromatic heterocycles. The van der Waals surface area contributed by atoms with E-state index in [-0.39, 0.29) is 5.56 Å². The smallest absolute Gasteiger partial charge is 0.278 e. The quantitative estimate of drug-likeness (QED) is 0.785. The van der Waals surface area contributed by atoms with Crippen molar-refractivity contribution >= 4 is 11.8 Å². The van der Waals surface area contributed by atoms with Gasteiger partial charge in [0, 0.05) is 17.9 Å². The summed E-state index contributed by atoms with van der Waals surface area (Å²) in [6, 6.07) is 9.25. The fraction of sp³-hybridized carbons (Fsp3) is 0.182. The second-order valence-electron chi connectivity index (χ2n) is 3.31. The zero-order chi connectivity index (χ0) is 12.1. The Kier molecular flexibility index (Phi) is 3.89. The minimum atomic E-state index is -0.231. The molecule has 0 saturated heterocycles. The molecule has 17 heavy (non-hydrogen) atoms. The van der Waals surface area contributed by atoms with Crippen LogP contribution in [0.15, 0.2) is 40.3 Å². The Labute approximate surface area is 102 Å². The number of H-pyrrole nitrogens is 1. The summed E-state index contributed by atoms with van der Waals surface area (Å²) in [6.07, 6.45) is 0. The van der Waals surface area contributed by atoms with E-state index < -0.39 is 0 Å². The summed E-state index contributed by atoms with van der Waals surface area (Å²) in [5.41, 5.74) is 6.24. The molecule has 88 valence electrons. The Morgan fingerprint density at radius 2 is 2.00 bits per heavy atom. The van der Waals surface area contributed by atoms with Gasteiger partial charge >= 0.3 is 0 Å². The molecule has 5 nitrogen and oxygen atoms in total. The van der Waals surface area contributed by atoms with Crippen molar-refractivity contribution in [3.8, 4) is 11.3 Å². The lowest BCUT2D eigenvalue weighted by Gasteiger charge is -2.00. The second-order valence-corrected chi connectivity index (χ2v) is 4.39. The zero-order valence-corrected chi connectivity index (χ0v) is 9.91. The molecular formula is C11H12N4OS. The van der Waals surface area contributed by atoms with Crippen LogP contribution in [0, 0.1) is 0 Å². The fourth-order valence-corrected chi connectivity index (χ4v) is 1.90. The monoisotopic (exact) mass is 248 g/mol. The van der Waals surface area contributed by atoms with Crippen molar-refractivity contribution < 1.29 is 0 Å². The topological polar surface area (TPSA) is 84.7 Å². The molecule has 6 heteroatoms. The third-order valence-corrected chi connectivity index (χ3v) is 2.98. The predicted octanol–water partition coefficient (Wildman–Crippen LogP) is 0.883. The number of benzene rings is 1. The predicted molar refractivity (Wildman–Crippen MR) is 67.9 cm³/mol. The van der Waals surface area contributed by atoms with Gasteiger partial charge in [-0.15, -0.1) is 10.2 Å². The molecule has 0 atom stereocenters. The van der Waals surface area contributed by atoms with E-state index in [1.165, 1.54) is 11.8 Å². The molecule has 1 heterocycles. The van der Waals surface area contributed by atoms with Crippen LogP contribution in [0.1, 0.15) is 0 Å². The zero-order valence-electron chi connectivity index (χ0n) is 9.09. The van der Waals surface area contributed by atoms with Crippen LogP contribution in [0.5, 0.6) is 0 Å². The maximum Gasteiger partial charge on any atom is 0.278 e. The van der Waals surface area contributed by atoms with Gasteiger partial charge in [-0.05, 0) is 0 Å². The van der Waals surface area contributed by atoms with Crippen LogP contribution in [-0.4, -0.2) is 27.5 Å². The summed E-state index contributed by atoms with van der Waals surface area (Å²) >= 11 is 1.38. The SMILES string of the molecule is NCCSc1nnc(-c2ccccc2)c(=O)[nH]1. The van der Waals surface area contributed by atoms with Crippen molar-refractivity contribution in [3.05, 3.63) is 40.7 Å². The molecule has 0 radical (unpaired) electrons. The molecule has 0 aliphatic heterocycles. The van der Waals surface area contributed by atoms with Crippen LogP contribution in [0.4, 0.5) is 0 Å². The molecule has 1 aromatic carbocycles. The van der Waals surface area contributed by atoms with Gasteiger partial charge in [-0.2, -0.15) is 0 Å². The normalized spacial score (nSPS) is 10.4. The van der Waals surface area contributed by atoms with Crippen molar-refractivity contribution in [1.82, 2.24) is 15.2 Å². The van der Waals surface area contributed by atoms with Crippen molar-refractivity contribution in [3.63, 3.8) is 0 Å². The van der Waals surface area contributed by atoms with Crippen molar-refractivity contribution in [2.24, 2.45) is 5.73 Å². The highest BCUT2D eigenvalue weighted by molar-refractivity contribution is 7.99. The largest absolute Gasteiger partial charge is 0.330 e. The summed E-state index contributed by atoms with van der Waals surface area (Å²) in [4.78, 5) is 14.5. The Bertz CT molecular complexity index is 541. The number of hydrogen-bond donors (Lipinski definition) is 2. The van der Waals surface area contributed by atoms with Crippen LogP contribution < -0.4 is 11.3 Å². The molecule has 0 bridgehead atoms. The van der Waals surface area contributed by atoms with Gasteiger partial charge in [0.2, 0.25) is 0 Å².